The van der Waals surface area contributed by atoms with Gasteiger partial charge >= 0.3 is 5.69 Å². The van der Waals surface area contributed by atoms with Gasteiger partial charge in [0, 0.05) is 37.0 Å². The molecule has 0 atom stereocenters. The second-order valence-corrected chi connectivity index (χ2v) is 6.98. The van der Waals surface area contributed by atoms with Gasteiger partial charge in [-0.1, -0.05) is 11.6 Å². The van der Waals surface area contributed by atoms with Gasteiger partial charge in [0.2, 0.25) is 5.95 Å². The van der Waals surface area contributed by atoms with E-state index in [1.54, 1.807) is 22.4 Å². The molecular formula is C18H20ClN5O2. The maximum absolute atomic E-state index is 12.7. The van der Waals surface area contributed by atoms with E-state index in [0.29, 0.717) is 29.8 Å². The summed E-state index contributed by atoms with van der Waals surface area (Å²) >= 11 is 6.01. The molecule has 0 amide bonds. The molecule has 1 N–H and O–H groups in total. The fraction of sp³-hybridized carbons (Fsp3) is 0.389. The molecule has 1 aromatic carbocycles. The van der Waals surface area contributed by atoms with E-state index in [9.17, 15) is 4.79 Å². The predicted molar refractivity (Wildman–Crippen MR) is 101 cm³/mol. The summed E-state index contributed by atoms with van der Waals surface area (Å²) < 4.78 is 8.80. The summed E-state index contributed by atoms with van der Waals surface area (Å²) in [6.07, 6.45) is 3.30. The lowest BCUT2D eigenvalue weighted by molar-refractivity contribution is 0.0695. The summed E-state index contributed by atoms with van der Waals surface area (Å²) in [7, 11) is 1.75. The Balaban J connectivity index is 1.77. The fourth-order valence-electron chi connectivity index (χ4n) is 3.36. The Morgan fingerprint density at radius 1 is 1.31 bits per heavy atom. The number of nitrogens with zero attached hydrogens (tertiary/aromatic N) is 4. The zero-order chi connectivity index (χ0) is 18.3. The summed E-state index contributed by atoms with van der Waals surface area (Å²) in [5.74, 6) is 0.453. The van der Waals surface area contributed by atoms with Gasteiger partial charge in [0.15, 0.2) is 5.65 Å². The van der Waals surface area contributed by atoms with Gasteiger partial charge in [-0.15, -0.1) is 0 Å². The largest absolute Gasteiger partial charge is 0.381 e. The summed E-state index contributed by atoms with van der Waals surface area (Å²) in [6, 6.07) is 5.68. The number of anilines is 2. The molecule has 26 heavy (non-hydrogen) atoms. The molecular weight excluding hydrogens is 354 g/mol. The summed E-state index contributed by atoms with van der Waals surface area (Å²) in [6.45, 7) is 3.29. The van der Waals surface area contributed by atoms with E-state index in [-0.39, 0.29) is 11.7 Å². The van der Waals surface area contributed by atoms with Gasteiger partial charge in [0.25, 0.3) is 0 Å². The number of halogens is 1. The minimum absolute atomic E-state index is 0.0685. The van der Waals surface area contributed by atoms with Crippen molar-refractivity contribution in [2.24, 2.45) is 7.05 Å². The molecule has 0 radical (unpaired) electrons. The first-order chi connectivity index (χ1) is 12.5. The second-order valence-electron chi connectivity index (χ2n) is 6.54. The Bertz CT molecular complexity index is 1020. The topological polar surface area (TPSA) is 74.0 Å². The van der Waals surface area contributed by atoms with Crippen LogP contribution in [0.4, 0.5) is 11.6 Å². The smallest absolute Gasteiger partial charge is 0.330 e. The lowest BCUT2D eigenvalue weighted by Crippen LogP contribution is -2.30. The molecule has 136 valence electrons. The van der Waals surface area contributed by atoms with Crippen LogP contribution in [0.5, 0.6) is 0 Å². The molecule has 1 fully saturated rings. The first kappa shape index (κ1) is 17.1. The molecule has 2 aromatic heterocycles. The van der Waals surface area contributed by atoms with Crippen molar-refractivity contribution in [2.75, 3.05) is 18.5 Å². The number of rotatable bonds is 3. The summed E-state index contributed by atoms with van der Waals surface area (Å²) in [4.78, 5) is 21.7. The van der Waals surface area contributed by atoms with E-state index >= 15 is 0 Å². The van der Waals surface area contributed by atoms with Crippen molar-refractivity contribution in [1.82, 2.24) is 19.1 Å². The Morgan fingerprint density at radius 3 is 2.81 bits per heavy atom. The lowest BCUT2D eigenvalue weighted by Gasteiger charge is -2.22. The monoisotopic (exact) mass is 373 g/mol. The molecule has 0 unspecified atom stereocenters. The van der Waals surface area contributed by atoms with E-state index in [0.717, 1.165) is 29.6 Å². The van der Waals surface area contributed by atoms with Crippen molar-refractivity contribution in [3.05, 3.63) is 45.5 Å². The number of fused-ring (bicyclic) bond motifs is 1. The van der Waals surface area contributed by atoms with Gasteiger partial charge in [-0.3, -0.25) is 9.13 Å². The van der Waals surface area contributed by atoms with E-state index in [2.05, 4.69) is 15.3 Å². The third-order valence-corrected chi connectivity index (χ3v) is 5.06. The van der Waals surface area contributed by atoms with Crippen LogP contribution in [0.3, 0.4) is 0 Å². The molecule has 4 rings (SSSR count). The highest BCUT2D eigenvalue weighted by Crippen LogP contribution is 2.25. The predicted octanol–water partition coefficient (Wildman–Crippen LogP) is 3.19. The minimum atomic E-state index is -0.0685. The normalized spacial score (nSPS) is 15.5. The third kappa shape index (κ3) is 2.97. The molecule has 1 aliphatic rings. The maximum Gasteiger partial charge on any atom is 0.330 e. The highest BCUT2D eigenvalue weighted by atomic mass is 35.5. The Kier molecular flexibility index (Phi) is 4.42. The van der Waals surface area contributed by atoms with E-state index in [4.69, 9.17) is 16.3 Å². The van der Waals surface area contributed by atoms with E-state index in [1.807, 2.05) is 25.1 Å². The highest BCUT2D eigenvalue weighted by molar-refractivity contribution is 6.30. The summed E-state index contributed by atoms with van der Waals surface area (Å²) in [5.41, 5.74) is 3.18. The molecule has 0 saturated carbocycles. The van der Waals surface area contributed by atoms with Crippen LogP contribution in [0.2, 0.25) is 5.02 Å². The molecule has 0 spiro atoms. The van der Waals surface area contributed by atoms with Gasteiger partial charge in [-0.2, -0.15) is 4.98 Å². The van der Waals surface area contributed by atoms with Gasteiger partial charge in [-0.05, 0) is 43.5 Å². The molecule has 7 nitrogen and oxygen atoms in total. The average Bonchev–Trinajstić information content (AvgIpc) is 2.89. The molecule has 1 aliphatic heterocycles. The maximum atomic E-state index is 12.7. The standard InChI is InChI=1S/C18H20ClN5O2/c1-11-9-12(19)3-4-14(11)21-17-20-10-15-16(22-17)24(18(25)23(15)2)13-5-7-26-8-6-13/h3-4,9-10,13H,5-8H2,1-2H3,(H,20,21,22). The van der Waals surface area contributed by atoms with Gasteiger partial charge in [-0.25, -0.2) is 9.78 Å². The van der Waals surface area contributed by atoms with Crippen molar-refractivity contribution in [3.8, 4) is 0 Å². The van der Waals surface area contributed by atoms with Crippen LogP contribution in [0.25, 0.3) is 11.2 Å². The molecule has 0 bridgehead atoms. The van der Waals surface area contributed by atoms with Crippen LogP contribution in [0.15, 0.2) is 29.2 Å². The number of imidazole rings is 1. The number of hydrogen-bond acceptors (Lipinski definition) is 5. The van der Waals surface area contributed by atoms with E-state index in [1.165, 1.54) is 0 Å². The minimum Gasteiger partial charge on any atom is -0.381 e. The lowest BCUT2D eigenvalue weighted by atomic mass is 10.1. The quantitative estimate of drug-likeness (QED) is 0.763. The number of nitrogens with one attached hydrogen (secondary N) is 1. The van der Waals surface area contributed by atoms with Crippen molar-refractivity contribution in [2.45, 2.75) is 25.8 Å². The zero-order valence-corrected chi connectivity index (χ0v) is 15.5. The van der Waals surface area contributed by atoms with Crippen LogP contribution in [0.1, 0.15) is 24.4 Å². The van der Waals surface area contributed by atoms with Crippen LogP contribution >= 0.6 is 11.6 Å². The summed E-state index contributed by atoms with van der Waals surface area (Å²) in [5, 5.41) is 3.90. The fourth-order valence-corrected chi connectivity index (χ4v) is 3.58. The van der Waals surface area contributed by atoms with Crippen molar-refractivity contribution >= 4 is 34.4 Å². The Hall–Kier alpha value is -2.38. The Morgan fingerprint density at radius 2 is 2.08 bits per heavy atom. The van der Waals surface area contributed by atoms with Gasteiger partial charge in [0.1, 0.15) is 5.52 Å². The van der Waals surface area contributed by atoms with E-state index < -0.39 is 0 Å². The van der Waals surface area contributed by atoms with Gasteiger partial charge in [0.05, 0.1) is 6.20 Å². The number of aryl methyl sites for hydroxylation is 2. The van der Waals surface area contributed by atoms with Crippen LogP contribution in [-0.4, -0.2) is 32.3 Å². The number of benzene rings is 1. The van der Waals surface area contributed by atoms with Crippen LogP contribution in [-0.2, 0) is 11.8 Å². The molecule has 0 aliphatic carbocycles. The number of hydrogen-bond donors (Lipinski definition) is 1. The SMILES string of the molecule is Cc1cc(Cl)ccc1Nc1ncc2c(n1)n(C1CCOCC1)c(=O)n2C. The second kappa shape index (κ2) is 6.74. The number of aromatic nitrogens is 4. The molecule has 8 heteroatoms. The zero-order valence-electron chi connectivity index (χ0n) is 14.7. The van der Waals surface area contributed by atoms with Gasteiger partial charge < -0.3 is 10.1 Å². The molecule has 3 aromatic rings. The third-order valence-electron chi connectivity index (χ3n) is 4.82. The van der Waals surface area contributed by atoms with Crippen molar-refractivity contribution < 1.29 is 4.74 Å². The molecule has 3 heterocycles. The van der Waals surface area contributed by atoms with Crippen LogP contribution < -0.4 is 11.0 Å². The first-order valence-corrected chi connectivity index (χ1v) is 8.97. The van der Waals surface area contributed by atoms with Crippen molar-refractivity contribution in [3.63, 3.8) is 0 Å². The van der Waals surface area contributed by atoms with Crippen LogP contribution in [0, 0.1) is 6.92 Å². The molecule has 1 saturated heterocycles. The number of ether oxygens (including phenoxy) is 1. The van der Waals surface area contributed by atoms with Crippen molar-refractivity contribution in [1.29, 1.82) is 0 Å². The average molecular weight is 374 g/mol. The highest BCUT2D eigenvalue weighted by Gasteiger charge is 2.23. The first-order valence-electron chi connectivity index (χ1n) is 8.59. The Labute approximate surface area is 155 Å².